The molecule has 3 aromatic rings. The smallest absolute Gasteiger partial charge is 0.139 e. The molecule has 4 rings (SSSR count). The predicted molar refractivity (Wildman–Crippen MR) is 109 cm³/mol. The molecule has 0 fully saturated rings. The number of rotatable bonds is 2. The largest absolute Gasteiger partial charge is 0.207 e. The predicted octanol–water partition coefficient (Wildman–Crippen LogP) is 6.20. The van der Waals surface area contributed by atoms with Crippen LogP contribution >= 0.6 is 0 Å². The Balaban J connectivity index is 1.55. The summed E-state index contributed by atoms with van der Waals surface area (Å²) in [5.74, 6) is 5.69. The second kappa shape index (κ2) is 7.98. The standard InChI is InChI=1S/C26H22F2/c1-2-18-3-8-20(9-4-18)21-11-12-22-15-23(26(28)17-24(22)16-21)10-5-19-6-13-25(27)14-7-19/h3-4,6-9,13-15,17,21H,2,11-12,16H2,1H3. The van der Waals surface area contributed by atoms with Crippen molar-refractivity contribution in [1.29, 1.82) is 0 Å². The van der Waals surface area contributed by atoms with Gasteiger partial charge in [0.05, 0.1) is 5.56 Å². The summed E-state index contributed by atoms with van der Waals surface area (Å²) in [6.45, 7) is 2.16. The van der Waals surface area contributed by atoms with Crippen molar-refractivity contribution in [2.75, 3.05) is 0 Å². The van der Waals surface area contributed by atoms with Crippen LogP contribution in [0.15, 0.2) is 60.7 Å². The fraction of sp³-hybridized carbons (Fsp3) is 0.231. The molecule has 0 spiro atoms. The lowest BCUT2D eigenvalue weighted by molar-refractivity contribution is 0.570. The number of halogens is 2. The molecule has 1 aliphatic carbocycles. The molecule has 1 aliphatic rings. The molecule has 0 amide bonds. The zero-order chi connectivity index (χ0) is 19.5. The van der Waals surface area contributed by atoms with E-state index in [2.05, 4.69) is 43.0 Å². The minimum absolute atomic E-state index is 0.282. The summed E-state index contributed by atoms with van der Waals surface area (Å²) in [5.41, 5.74) is 6.04. The SMILES string of the molecule is CCc1ccc(C2CCc3cc(C#Cc4ccc(F)cc4)c(F)cc3C2)cc1. The van der Waals surface area contributed by atoms with Crippen LogP contribution < -0.4 is 0 Å². The molecule has 28 heavy (non-hydrogen) atoms. The van der Waals surface area contributed by atoms with Crippen LogP contribution in [0, 0.1) is 23.5 Å². The van der Waals surface area contributed by atoms with Crippen molar-refractivity contribution < 1.29 is 8.78 Å². The fourth-order valence-electron chi connectivity index (χ4n) is 3.86. The molecule has 2 heteroatoms. The first-order valence-electron chi connectivity index (χ1n) is 9.80. The molecule has 0 N–H and O–H groups in total. The molecule has 0 aliphatic heterocycles. The first kappa shape index (κ1) is 18.4. The first-order chi connectivity index (χ1) is 13.6. The van der Waals surface area contributed by atoms with Gasteiger partial charge in [0, 0.05) is 5.56 Å². The average Bonchev–Trinajstić information content (AvgIpc) is 2.73. The quantitative estimate of drug-likeness (QED) is 0.470. The van der Waals surface area contributed by atoms with Gasteiger partial charge in [-0.3, -0.25) is 0 Å². The maximum atomic E-state index is 14.6. The molecular weight excluding hydrogens is 350 g/mol. The average molecular weight is 372 g/mol. The highest BCUT2D eigenvalue weighted by Crippen LogP contribution is 2.34. The zero-order valence-corrected chi connectivity index (χ0v) is 15.9. The molecule has 3 aromatic carbocycles. The van der Waals surface area contributed by atoms with Crippen LogP contribution in [0.1, 0.15) is 52.6 Å². The molecule has 0 heterocycles. The van der Waals surface area contributed by atoms with E-state index in [1.54, 1.807) is 18.2 Å². The van der Waals surface area contributed by atoms with Crippen LogP contribution in [0.2, 0.25) is 0 Å². The van der Waals surface area contributed by atoms with Crippen LogP contribution in [0.4, 0.5) is 8.78 Å². The fourth-order valence-corrected chi connectivity index (χ4v) is 3.86. The van der Waals surface area contributed by atoms with Crippen molar-refractivity contribution in [3.8, 4) is 11.8 Å². The van der Waals surface area contributed by atoms with Crippen molar-refractivity contribution in [2.24, 2.45) is 0 Å². The Labute approximate surface area is 165 Å². The lowest BCUT2D eigenvalue weighted by Gasteiger charge is -2.25. The van der Waals surface area contributed by atoms with Gasteiger partial charge in [-0.05, 0) is 90.3 Å². The number of hydrogen-bond acceptors (Lipinski definition) is 0. The van der Waals surface area contributed by atoms with Crippen molar-refractivity contribution in [3.63, 3.8) is 0 Å². The third kappa shape index (κ3) is 3.99. The van der Waals surface area contributed by atoms with Gasteiger partial charge in [0.2, 0.25) is 0 Å². The van der Waals surface area contributed by atoms with E-state index in [-0.39, 0.29) is 11.6 Å². The van der Waals surface area contributed by atoms with E-state index in [0.717, 1.165) is 31.2 Å². The van der Waals surface area contributed by atoms with E-state index < -0.39 is 0 Å². The molecule has 0 bridgehead atoms. The highest BCUT2D eigenvalue weighted by atomic mass is 19.1. The second-order valence-electron chi connectivity index (χ2n) is 7.39. The summed E-state index contributed by atoms with van der Waals surface area (Å²) in [5, 5.41) is 0. The minimum atomic E-state index is -0.301. The van der Waals surface area contributed by atoms with Crippen LogP contribution in [0.25, 0.3) is 0 Å². The summed E-state index contributed by atoms with van der Waals surface area (Å²) >= 11 is 0. The number of aryl methyl sites for hydroxylation is 2. The Bertz CT molecular complexity index is 1030. The number of benzene rings is 3. The van der Waals surface area contributed by atoms with E-state index in [1.165, 1.54) is 28.8 Å². The van der Waals surface area contributed by atoms with Gasteiger partial charge >= 0.3 is 0 Å². The van der Waals surface area contributed by atoms with Gasteiger partial charge in [-0.2, -0.15) is 0 Å². The molecule has 0 radical (unpaired) electrons. The topological polar surface area (TPSA) is 0 Å². The van der Waals surface area contributed by atoms with Crippen LogP contribution in [-0.4, -0.2) is 0 Å². The van der Waals surface area contributed by atoms with E-state index in [1.807, 2.05) is 6.07 Å². The Hall–Kier alpha value is -2.92. The van der Waals surface area contributed by atoms with Crippen LogP contribution in [0.3, 0.4) is 0 Å². The normalized spacial score (nSPS) is 15.5. The first-order valence-corrected chi connectivity index (χ1v) is 9.80. The van der Waals surface area contributed by atoms with Gasteiger partial charge in [0.1, 0.15) is 11.6 Å². The second-order valence-corrected chi connectivity index (χ2v) is 7.39. The highest BCUT2D eigenvalue weighted by molar-refractivity contribution is 5.48. The molecule has 0 aromatic heterocycles. The van der Waals surface area contributed by atoms with E-state index in [0.29, 0.717) is 17.0 Å². The van der Waals surface area contributed by atoms with E-state index >= 15 is 0 Å². The third-order valence-electron chi connectivity index (χ3n) is 5.56. The Morgan fingerprint density at radius 2 is 1.64 bits per heavy atom. The Morgan fingerprint density at radius 1 is 0.893 bits per heavy atom. The third-order valence-corrected chi connectivity index (χ3v) is 5.56. The lowest BCUT2D eigenvalue weighted by atomic mass is 9.79. The number of hydrogen-bond donors (Lipinski definition) is 0. The Kier molecular flexibility index (Phi) is 5.26. The summed E-state index contributed by atoms with van der Waals surface area (Å²) in [4.78, 5) is 0. The molecule has 1 atom stereocenters. The maximum Gasteiger partial charge on any atom is 0.139 e. The van der Waals surface area contributed by atoms with Crippen molar-refractivity contribution in [2.45, 2.75) is 38.5 Å². The summed E-state index contributed by atoms with van der Waals surface area (Å²) in [6.07, 6.45) is 3.90. The van der Waals surface area contributed by atoms with Crippen LogP contribution in [0.5, 0.6) is 0 Å². The monoisotopic (exact) mass is 372 g/mol. The highest BCUT2D eigenvalue weighted by Gasteiger charge is 2.21. The van der Waals surface area contributed by atoms with Crippen LogP contribution in [-0.2, 0) is 19.3 Å². The van der Waals surface area contributed by atoms with Crippen molar-refractivity contribution in [1.82, 2.24) is 0 Å². The van der Waals surface area contributed by atoms with E-state index in [9.17, 15) is 8.78 Å². The molecule has 140 valence electrons. The molecule has 0 saturated heterocycles. The number of fused-ring (bicyclic) bond motifs is 1. The lowest BCUT2D eigenvalue weighted by Crippen LogP contribution is -2.13. The minimum Gasteiger partial charge on any atom is -0.207 e. The van der Waals surface area contributed by atoms with E-state index in [4.69, 9.17) is 0 Å². The van der Waals surface area contributed by atoms with Gasteiger partial charge in [-0.25, -0.2) is 8.78 Å². The van der Waals surface area contributed by atoms with Gasteiger partial charge in [0.25, 0.3) is 0 Å². The van der Waals surface area contributed by atoms with Gasteiger partial charge < -0.3 is 0 Å². The molecule has 0 saturated carbocycles. The van der Waals surface area contributed by atoms with Gasteiger partial charge in [0.15, 0.2) is 0 Å². The van der Waals surface area contributed by atoms with Gasteiger partial charge in [-0.15, -0.1) is 0 Å². The van der Waals surface area contributed by atoms with Crippen molar-refractivity contribution >= 4 is 0 Å². The molecule has 0 nitrogen and oxygen atoms in total. The summed E-state index contributed by atoms with van der Waals surface area (Å²) in [6, 6.07) is 18.3. The molecular formula is C26H22F2. The summed E-state index contributed by atoms with van der Waals surface area (Å²) < 4.78 is 27.6. The maximum absolute atomic E-state index is 14.6. The Morgan fingerprint density at radius 3 is 2.36 bits per heavy atom. The van der Waals surface area contributed by atoms with Crippen molar-refractivity contribution in [3.05, 3.63) is 106 Å². The molecule has 1 unspecified atom stereocenters. The zero-order valence-electron chi connectivity index (χ0n) is 15.9. The van der Waals surface area contributed by atoms with Gasteiger partial charge in [-0.1, -0.05) is 43.0 Å². The summed E-state index contributed by atoms with van der Waals surface area (Å²) in [7, 11) is 0.